The molecule has 0 saturated carbocycles. The Balaban J connectivity index is 2.11. The van der Waals surface area contributed by atoms with Gasteiger partial charge in [0.1, 0.15) is 17.4 Å². The fourth-order valence-corrected chi connectivity index (χ4v) is 2.36. The second kappa shape index (κ2) is 9.15. The molecule has 0 atom stereocenters. The van der Waals surface area contributed by atoms with Crippen molar-refractivity contribution in [3.05, 3.63) is 64.8 Å². The van der Waals surface area contributed by atoms with Gasteiger partial charge < -0.3 is 15.4 Å². The molecule has 5 nitrogen and oxygen atoms in total. The molecule has 0 radical (unpaired) electrons. The first-order chi connectivity index (χ1) is 13.2. The topological polar surface area (TPSA) is 74.1 Å². The number of nitriles is 1. The summed E-state index contributed by atoms with van der Waals surface area (Å²) in [6.07, 6.45) is -3.51. The van der Waals surface area contributed by atoms with Crippen LogP contribution in [0.15, 0.2) is 54.2 Å². The minimum absolute atomic E-state index is 0.135. The Morgan fingerprint density at radius 3 is 2.43 bits per heavy atom. The zero-order chi connectivity index (χ0) is 20.7. The molecule has 2 aromatic rings. The van der Waals surface area contributed by atoms with Crippen LogP contribution in [-0.2, 0) is 11.0 Å². The minimum atomic E-state index is -4.67. The Morgan fingerprint density at radius 1 is 1.21 bits per heavy atom. The van der Waals surface area contributed by atoms with Crippen molar-refractivity contribution >= 4 is 28.9 Å². The zero-order valence-electron chi connectivity index (χ0n) is 14.6. The van der Waals surface area contributed by atoms with Crippen LogP contribution in [0, 0.1) is 11.3 Å². The number of nitrogens with one attached hydrogen (secondary N) is 2. The third-order valence-electron chi connectivity index (χ3n) is 3.44. The first kappa shape index (κ1) is 21.1. The highest BCUT2D eigenvalue weighted by atomic mass is 35.5. The summed E-state index contributed by atoms with van der Waals surface area (Å²) < 4.78 is 44.0. The molecule has 28 heavy (non-hydrogen) atoms. The van der Waals surface area contributed by atoms with Crippen molar-refractivity contribution in [2.45, 2.75) is 13.1 Å². The summed E-state index contributed by atoms with van der Waals surface area (Å²) in [5.74, 6) is -0.199. The number of hydrogen-bond acceptors (Lipinski definition) is 4. The molecule has 2 rings (SSSR count). The summed E-state index contributed by atoms with van der Waals surface area (Å²) in [6.45, 7) is 2.37. The first-order valence-electron chi connectivity index (χ1n) is 8.02. The van der Waals surface area contributed by atoms with E-state index in [0.29, 0.717) is 24.1 Å². The van der Waals surface area contributed by atoms with Gasteiger partial charge in [-0.1, -0.05) is 11.6 Å². The molecule has 1 amide bonds. The molecular weight excluding hydrogens is 395 g/mol. The molecule has 0 saturated heterocycles. The van der Waals surface area contributed by atoms with E-state index in [1.165, 1.54) is 6.07 Å². The highest BCUT2D eigenvalue weighted by molar-refractivity contribution is 6.31. The molecule has 2 aromatic carbocycles. The third-order valence-corrected chi connectivity index (χ3v) is 3.77. The molecule has 0 bridgehead atoms. The number of halogens is 4. The number of carbonyl (C=O) groups is 1. The Kier molecular flexibility index (Phi) is 6.90. The summed E-state index contributed by atoms with van der Waals surface area (Å²) in [5, 5.41) is 13.7. The lowest BCUT2D eigenvalue weighted by Crippen LogP contribution is -2.15. The van der Waals surface area contributed by atoms with Gasteiger partial charge >= 0.3 is 6.18 Å². The molecule has 2 N–H and O–H groups in total. The average Bonchev–Trinajstić information content (AvgIpc) is 2.64. The van der Waals surface area contributed by atoms with E-state index < -0.39 is 22.7 Å². The standard InChI is InChI=1S/C19H15ClF3N3O2/c1-2-28-15-6-3-13(4-7-15)25-11-12(10-24)18(27)26-14-5-8-17(20)16(9-14)19(21,22)23/h3-9,11,25H,2H2,1H3,(H,26,27)/b12-11-. The van der Waals surface area contributed by atoms with Crippen molar-refractivity contribution < 1.29 is 22.7 Å². The second-order valence-corrected chi connectivity index (χ2v) is 5.83. The van der Waals surface area contributed by atoms with Crippen LogP contribution >= 0.6 is 11.6 Å². The van der Waals surface area contributed by atoms with Gasteiger partial charge in [0.15, 0.2) is 0 Å². The Morgan fingerprint density at radius 2 is 1.86 bits per heavy atom. The van der Waals surface area contributed by atoms with E-state index in [0.717, 1.165) is 12.3 Å². The maximum absolute atomic E-state index is 12.9. The maximum Gasteiger partial charge on any atom is 0.417 e. The van der Waals surface area contributed by atoms with Gasteiger partial charge in [-0.3, -0.25) is 4.79 Å². The monoisotopic (exact) mass is 409 g/mol. The molecule has 0 aliphatic heterocycles. The number of alkyl halides is 3. The predicted octanol–water partition coefficient (Wildman–Crippen LogP) is 5.22. The highest BCUT2D eigenvalue weighted by Gasteiger charge is 2.33. The first-order valence-corrected chi connectivity index (χ1v) is 8.40. The van der Waals surface area contributed by atoms with Crippen molar-refractivity contribution in [2.75, 3.05) is 17.2 Å². The number of amides is 1. The van der Waals surface area contributed by atoms with E-state index >= 15 is 0 Å². The Hall–Kier alpha value is -3.18. The van der Waals surface area contributed by atoms with Gasteiger partial charge in [-0.15, -0.1) is 0 Å². The van der Waals surface area contributed by atoms with Crippen molar-refractivity contribution in [1.29, 1.82) is 5.26 Å². The molecule has 146 valence electrons. The number of anilines is 2. The molecule has 9 heteroatoms. The molecule has 0 aliphatic carbocycles. The maximum atomic E-state index is 12.9. The van der Waals surface area contributed by atoms with Crippen molar-refractivity contribution in [3.63, 3.8) is 0 Å². The smallest absolute Gasteiger partial charge is 0.417 e. The van der Waals surface area contributed by atoms with Crippen molar-refractivity contribution in [1.82, 2.24) is 0 Å². The second-order valence-electron chi connectivity index (χ2n) is 5.42. The SMILES string of the molecule is CCOc1ccc(N/C=C(/C#N)C(=O)Nc2ccc(Cl)c(C(F)(F)F)c2)cc1. The quantitative estimate of drug-likeness (QED) is 0.507. The van der Waals surface area contributed by atoms with Gasteiger partial charge in [-0.25, -0.2) is 0 Å². The van der Waals surface area contributed by atoms with Gasteiger partial charge in [0, 0.05) is 17.6 Å². The van der Waals surface area contributed by atoms with Crippen LogP contribution in [0.1, 0.15) is 12.5 Å². The number of ether oxygens (including phenoxy) is 1. The molecule has 0 aromatic heterocycles. The van der Waals surface area contributed by atoms with Gasteiger partial charge in [0.25, 0.3) is 5.91 Å². The number of nitrogens with zero attached hydrogens (tertiary/aromatic N) is 1. The van der Waals surface area contributed by atoms with Crippen LogP contribution < -0.4 is 15.4 Å². The lowest BCUT2D eigenvalue weighted by atomic mass is 10.2. The molecule has 0 heterocycles. The van der Waals surface area contributed by atoms with E-state index in [1.807, 2.05) is 6.92 Å². The molecule has 0 aliphatic rings. The molecule has 0 fully saturated rings. The Bertz CT molecular complexity index is 920. The summed E-state index contributed by atoms with van der Waals surface area (Å²) in [5.41, 5.74) is -0.946. The number of rotatable bonds is 6. The lowest BCUT2D eigenvalue weighted by molar-refractivity contribution is -0.137. The third kappa shape index (κ3) is 5.66. The number of carbonyl (C=O) groups excluding carboxylic acids is 1. The Labute approximate surface area is 164 Å². The van der Waals surface area contributed by atoms with Gasteiger partial charge in [-0.05, 0) is 49.4 Å². The normalized spacial score (nSPS) is 11.5. The fourth-order valence-electron chi connectivity index (χ4n) is 2.14. The highest BCUT2D eigenvalue weighted by Crippen LogP contribution is 2.36. The van der Waals surface area contributed by atoms with Gasteiger partial charge in [0.05, 0.1) is 17.2 Å². The summed E-state index contributed by atoms with van der Waals surface area (Å²) in [7, 11) is 0. The minimum Gasteiger partial charge on any atom is -0.494 e. The van der Waals surface area contributed by atoms with Crippen LogP contribution in [-0.4, -0.2) is 12.5 Å². The van der Waals surface area contributed by atoms with E-state index in [1.54, 1.807) is 30.3 Å². The van der Waals surface area contributed by atoms with Gasteiger partial charge in [-0.2, -0.15) is 18.4 Å². The van der Waals surface area contributed by atoms with Crippen LogP contribution in [0.3, 0.4) is 0 Å². The summed E-state index contributed by atoms with van der Waals surface area (Å²) in [6, 6.07) is 11.4. The zero-order valence-corrected chi connectivity index (χ0v) is 15.4. The van der Waals surface area contributed by atoms with E-state index in [2.05, 4.69) is 10.6 Å². The average molecular weight is 410 g/mol. The largest absolute Gasteiger partial charge is 0.494 e. The molecular formula is C19H15ClF3N3O2. The number of benzene rings is 2. The number of hydrogen-bond donors (Lipinski definition) is 2. The van der Waals surface area contributed by atoms with E-state index in [9.17, 15) is 18.0 Å². The summed E-state index contributed by atoms with van der Waals surface area (Å²) in [4.78, 5) is 12.2. The van der Waals surface area contributed by atoms with Crippen LogP contribution in [0.25, 0.3) is 0 Å². The molecule has 0 unspecified atom stereocenters. The van der Waals surface area contributed by atoms with Crippen molar-refractivity contribution in [3.8, 4) is 11.8 Å². The van der Waals surface area contributed by atoms with Crippen LogP contribution in [0.4, 0.5) is 24.5 Å². The predicted molar refractivity (Wildman–Crippen MR) is 100 cm³/mol. The van der Waals surface area contributed by atoms with Crippen LogP contribution in [0.2, 0.25) is 5.02 Å². The lowest BCUT2D eigenvalue weighted by Gasteiger charge is -2.11. The fraction of sp³-hybridized carbons (Fsp3) is 0.158. The van der Waals surface area contributed by atoms with Crippen molar-refractivity contribution in [2.24, 2.45) is 0 Å². The van der Waals surface area contributed by atoms with E-state index in [-0.39, 0.29) is 11.3 Å². The van der Waals surface area contributed by atoms with Crippen LogP contribution in [0.5, 0.6) is 5.75 Å². The van der Waals surface area contributed by atoms with E-state index in [4.69, 9.17) is 21.6 Å². The molecule has 0 spiro atoms. The van der Waals surface area contributed by atoms with Gasteiger partial charge in [0.2, 0.25) is 0 Å². The summed E-state index contributed by atoms with van der Waals surface area (Å²) >= 11 is 5.54.